The van der Waals surface area contributed by atoms with Crippen molar-refractivity contribution in [3.05, 3.63) is 52.3 Å². The number of nitrogen functional groups attached to an aromatic ring is 1. The quantitative estimate of drug-likeness (QED) is 0.428. The summed E-state index contributed by atoms with van der Waals surface area (Å²) in [7, 11) is 0. The number of anilines is 1. The van der Waals surface area contributed by atoms with Crippen LogP contribution in [0.5, 0.6) is 0 Å². The molecule has 4 N–H and O–H groups in total. The summed E-state index contributed by atoms with van der Waals surface area (Å²) in [5.41, 5.74) is 13.4. The van der Waals surface area contributed by atoms with Crippen LogP contribution in [0.15, 0.2) is 24.3 Å². The standard InChI is InChI=1S/C29H36F3N7O3/c1-16-21(17(2)38(35-16)14-18-7-6-8-19(11-18)29(30,31)32)23-22(25(34)40)24(33)39(36-23)20-12-28(13-20)9-10-37(15-28)26(41)42-27(3,4)5/h6-8,11,20H,9-10,12-15,33H2,1-5H3,(H2,34,40). The summed E-state index contributed by atoms with van der Waals surface area (Å²) in [5, 5.41) is 9.30. The average Bonchev–Trinajstić information content (AvgIpc) is 3.51. The highest BCUT2D eigenvalue weighted by Crippen LogP contribution is 2.55. The summed E-state index contributed by atoms with van der Waals surface area (Å²) < 4.78 is 48.5. The third kappa shape index (κ3) is 5.43. The smallest absolute Gasteiger partial charge is 0.416 e. The molecule has 1 aromatic carbocycles. The molecular weight excluding hydrogens is 551 g/mol. The maximum absolute atomic E-state index is 13.2. The molecule has 2 fully saturated rings. The van der Waals surface area contributed by atoms with E-state index in [1.807, 2.05) is 20.8 Å². The van der Waals surface area contributed by atoms with Gasteiger partial charge in [-0.2, -0.15) is 23.4 Å². The predicted molar refractivity (Wildman–Crippen MR) is 150 cm³/mol. The lowest BCUT2D eigenvalue weighted by Gasteiger charge is -2.45. The summed E-state index contributed by atoms with van der Waals surface area (Å²) in [6.45, 7) is 10.3. The third-order valence-corrected chi connectivity index (χ3v) is 8.17. The molecule has 13 heteroatoms. The number of nitrogens with two attached hydrogens (primary N) is 2. The number of primary amides is 1. The molecule has 42 heavy (non-hydrogen) atoms. The third-order valence-electron chi connectivity index (χ3n) is 8.17. The van der Waals surface area contributed by atoms with Gasteiger partial charge in [0, 0.05) is 24.3 Å². The van der Waals surface area contributed by atoms with Gasteiger partial charge in [-0.3, -0.25) is 9.48 Å². The second kappa shape index (κ2) is 10.1. The molecule has 2 aliphatic rings. The number of aryl methyl sites for hydroxylation is 1. The summed E-state index contributed by atoms with van der Waals surface area (Å²) >= 11 is 0. The Morgan fingerprint density at radius 1 is 1.14 bits per heavy atom. The Balaban J connectivity index is 1.39. The minimum atomic E-state index is -4.45. The van der Waals surface area contributed by atoms with Crippen LogP contribution in [-0.4, -0.2) is 55.2 Å². The number of rotatable bonds is 5. The fraction of sp³-hybridized carbons (Fsp3) is 0.517. The van der Waals surface area contributed by atoms with Gasteiger partial charge in [-0.15, -0.1) is 0 Å². The van der Waals surface area contributed by atoms with Gasteiger partial charge in [-0.25, -0.2) is 9.48 Å². The van der Waals surface area contributed by atoms with Gasteiger partial charge in [0.15, 0.2) is 0 Å². The van der Waals surface area contributed by atoms with E-state index in [2.05, 4.69) is 5.10 Å². The van der Waals surface area contributed by atoms with Crippen molar-refractivity contribution in [3.63, 3.8) is 0 Å². The Bertz CT molecular complexity index is 1540. The number of benzene rings is 1. The number of likely N-dealkylation sites (tertiary alicyclic amines) is 1. The van der Waals surface area contributed by atoms with E-state index in [9.17, 15) is 22.8 Å². The molecule has 1 aliphatic carbocycles. The SMILES string of the molecule is Cc1nn(Cc2cccc(C(F)(F)F)c2)c(C)c1-c1nn(C2CC3(CCN(C(=O)OC(C)(C)C)C3)C2)c(N)c1C(N)=O. The number of carbonyl (C=O) groups excluding carboxylic acids is 2. The monoisotopic (exact) mass is 587 g/mol. The van der Waals surface area contributed by atoms with E-state index in [-0.39, 0.29) is 35.5 Å². The zero-order valence-corrected chi connectivity index (χ0v) is 24.4. The van der Waals surface area contributed by atoms with Crippen molar-refractivity contribution in [1.29, 1.82) is 0 Å². The molecule has 10 nitrogen and oxygen atoms in total. The van der Waals surface area contributed by atoms with Crippen molar-refractivity contribution < 1.29 is 27.5 Å². The minimum Gasteiger partial charge on any atom is -0.444 e. The molecule has 0 bridgehead atoms. The van der Waals surface area contributed by atoms with Crippen LogP contribution in [0.3, 0.4) is 0 Å². The first-order valence-electron chi connectivity index (χ1n) is 13.8. The Labute approximate surface area is 241 Å². The van der Waals surface area contributed by atoms with Crippen molar-refractivity contribution in [2.75, 3.05) is 18.8 Å². The van der Waals surface area contributed by atoms with Gasteiger partial charge in [0.25, 0.3) is 5.91 Å². The lowest BCUT2D eigenvalue weighted by atomic mass is 9.65. The Hall–Kier alpha value is -4.03. The van der Waals surface area contributed by atoms with E-state index < -0.39 is 23.2 Å². The van der Waals surface area contributed by atoms with Gasteiger partial charge < -0.3 is 21.1 Å². The van der Waals surface area contributed by atoms with Crippen LogP contribution in [0, 0.1) is 19.3 Å². The van der Waals surface area contributed by atoms with Crippen molar-refractivity contribution >= 4 is 17.8 Å². The molecule has 226 valence electrons. The van der Waals surface area contributed by atoms with E-state index in [4.69, 9.17) is 21.3 Å². The van der Waals surface area contributed by atoms with Gasteiger partial charge in [0.1, 0.15) is 22.7 Å². The second-order valence-electron chi connectivity index (χ2n) is 12.5. The van der Waals surface area contributed by atoms with Gasteiger partial charge in [0.2, 0.25) is 0 Å². The second-order valence-corrected chi connectivity index (χ2v) is 12.5. The van der Waals surface area contributed by atoms with E-state index in [0.29, 0.717) is 41.3 Å². The Kier molecular flexibility index (Phi) is 7.05. The highest BCUT2D eigenvalue weighted by molar-refractivity contribution is 6.03. The first-order chi connectivity index (χ1) is 19.5. The number of nitrogens with zero attached hydrogens (tertiary/aromatic N) is 5. The van der Waals surface area contributed by atoms with Crippen LogP contribution in [0.25, 0.3) is 11.3 Å². The van der Waals surface area contributed by atoms with Crippen LogP contribution in [0.4, 0.5) is 23.8 Å². The molecule has 0 radical (unpaired) electrons. The highest BCUT2D eigenvalue weighted by atomic mass is 19.4. The topological polar surface area (TPSA) is 134 Å². The lowest BCUT2D eigenvalue weighted by Crippen LogP contribution is -2.43. The predicted octanol–water partition coefficient (Wildman–Crippen LogP) is 5.07. The maximum Gasteiger partial charge on any atom is 0.416 e. The number of aromatic nitrogens is 4. The fourth-order valence-corrected chi connectivity index (χ4v) is 6.22. The van der Waals surface area contributed by atoms with Crippen molar-refractivity contribution in [1.82, 2.24) is 24.5 Å². The van der Waals surface area contributed by atoms with E-state index in [1.54, 1.807) is 34.2 Å². The van der Waals surface area contributed by atoms with Crippen LogP contribution in [0.2, 0.25) is 0 Å². The summed E-state index contributed by atoms with van der Waals surface area (Å²) in [6, 6.07) is 5.00. The fourth-order valence-electron chi connectivity index (χ4n) is 6.22. The molecule has 5 rings (SSSR count). The summed E-state index contributed by atoms with van der Waals surface area (Å²) in [4.78, 5) is 26.9. The zero-order valence-electron chi connectivity index (χ0n) is 24.4. The molecule has 1 saturated heterocycles. The lowest BCUT2D eigenvalue weighted by molar-refractivity contribution is -0.137. The van der Waals surface area contributed by atoms with Crippen LogP contribution in [-0.2, 0) is 17.5 Å². The summed E-state index contributed by atoms with van der Waals surface area (Å²) in [5.74, 6) is -0.576. The number of halogens is 3. The first kappa shape index (κ1) is 29.5. The van der Waals surface area contributed by atoms with Gasteiger partial charge in [0.05, 0.1) is 23.8 Å². The van der Waals surface area contributed by atoms with Gasteiger partial charge in [-0.1, -0.05) is 12.1 Å². The normalized spacial score (nSPS) is 20.7. The molecule has 1 saturated carbocycles. The molecule has 1 aliphatic heterocycles. The number of carbonyl (C=O) groups is 2. The molecule has 2 aromatic heterocycles. The number of hydrogen-bond donors (Lipinski definition) is 2. The number of ether oxygens (including phenoxy) is 1. The number of hydrogen-bond acceptors (Lipinski definition) is 6. The van der Waals surface area contributed by atoms with Crippen LogP contribution >= 0.6 is 0 Å². The van der Waals surface area contributed by atoms with E-state index in [1.165, 1.54) is 6.07 Å². The van der Waals surface area contributed by atoms with E-state index in [0.717, 1.165) is 31.4 Å². The molecule has 0 atom stereocenters. The molecular formula is C29H36F3N7O3. The Morgan fingerprint density at radius 3 is 2.45 bits per heavy atom. The molecule has 2 amide bonds. The molecule has 3 aromatic rings. The first-order valence-corrected chi connectivity index (χ1v) is 13.8. The number of amides is 2. The van der Waals surface area contributed by atoms with Crippen LogP contribution in [0.1, 0.15) is 78.9 Å². The minimum absolute atomic E-state index is 0.0747. The summed E-state index contributed by atoms with van der Waals surface area (Å²) in [6.07, 6.45) is -2.50. The van der Waals surface area contributed by atoms with Crippen molar-refractivity contribution in [2.24, 2.45) is 11.1 Å². The zero-order chi connectivity index (χ0) is 30.8. The molecule has 0 unspecified atom stereocenters. The largest absolute Gasteiger partial charge is 0.444 e. The maximum atomic E-state index is 13.2. The van der Waals surface area contributed by atoms with Gasteiger partial charge in [-0.05, 0) is 77.0 Å². The van der Waals surface area contributed by atoms with Gasteiger partial charge >= 0.3 is 12.3 Å². The van der Waals surface area contributed by atoms with Crippen molar-refractivity contribution in [2.45, 2.75) is 78.2 Å². The molecule has 1 spiro atoms. The Morgan fingerprint density at radius 2 is 1.83 bits per heavy atom. The molecule has 3 heterocycles. The van der Waals surface area contributed by atoms with Crippen molar-refractivity contribution in [3.8, 4) is 11.3 Å². The highest BCUT2D eigenvalue weighted by Gasteiger charge is 2.51. The average molecular weight is 588 g/mol. The van der Waals surface area contributed by atoms with E-state index >= 15 is 0 Å². The number of alkyl halides is 3. The van der Waals surface area contributed by atoms with Crippen LogP contribution < -0.4 is 11.5 Å².